The van der Waals surface area contributed by atoms with Gasteiger partial charge in [-0.25, -0.2) is 9.13 Å². The molecule has 0 aliphatic carbocycles. The minimum absolute atomic E-state index is 1.20. The van der Waals surface area contributed by atoms with Crippen LogP contribution < -0.4 is 9.25 Å². The first kappa shape index (κ1) is 12.7. The fraction of sp³-hybridized carbons (Fsp3) is 0.250. The van der Waals surface area contributed by atoms with Gasteiger partial charge in [0, 0.05) is 6.07 Å². The topological polar surface area (TPSA) is 17.6 Å². The molecule has 0 N–H and O–H groups in total. The predicted octanol–water partition coefficient (Wildman–Crippen LogP) is 1.44. The van der Waals surface area contributed by atoms with Gasteiger partial charge >= 0.3 is 0 Å². The van der Waals surface area contributed by atoms with E-state index in [9.17, 15) is 0 Å². The van der Waals surface area contributed by atoms with E-state index in [1.54, 1.807) is 0 Å². The Bertz CT molecular complexity index is 745. The molecule has 4 nitrogen and oxygen atoms in total. The summed E-state index contributed by atoms with van der Waals surface area (Å²) in [7, 11) is 6.21. The van der Waals surface area contributed by atoms with Gasteiger partial charge < -0.3 is 0 Å². The van der Waals surface area contributed by atoms with E-state index in [2.05, 4.69) is 95.6 Å². The average Bonchev–Trinajstić information content (AvgIpc) is 2.98. The summed E-state index contributed by atoms with van der Waals surface area (Å²) in [5.41, 5.74) is 3.74. The molecule has 3 rings (SSSR count). The molecule has 2 heterocycles. The van der Waals surface area contributed by atoms with Crippen LogP contribution in [0.5, 0.6) is 0 Å². The summed E-state index contributed by atoms with van der Waals surface area (Å²) in [6.07, 6.45) is 8.29. The number of rotatable bonds is 2. The zero-order valence-electron chi connectivity index (χ0n) is 12.4. The van der Waals surface area contributed by atoms with E-state index < -0.39 is 0 Å². The van der Waals surface area contributed by atoms with Crippen LogP contribution in [-0.4, -0.2) is 9.25 Å². The third-order valence-electron chi connectivity index (χ3n) is 3.84. The lowest BCUT2D eigenvalue weighted by molar-refractivity contribution is -0.744. The molecule has 0 radical (unpaired) electrons. The molecule has 0 amide bonds. The zero-order chi connectivity index (χ0) is 14.3. The van der Waals surface area contributed by atoms with E-state index in [0.29, 0.717) is 0 Å². The average molecular weight is 268 g/mol. The molecule has 0 fully saturated rings. The Labute approximate surface area is 119 Å². The number of hydrogen-bond acceptors (Lipinski definition) is 0. The van der Waals surface area contributed by atoms with Crippen LogP contribution in [0.15, 0.2) is 49.1 Å². The number of aryl methyl sites for hydroxylation is 3. The lowest BCUT2D eigenvalue weighted by Gasteiger charge is -2.09. The first-order chi connectivity index (χ1) is 9.59. The molecule has 0 saturated carbocycles. The van der Waals surface area contributed by atoms with Gasteiger partial charge in [0.15, 0.2) is 13.2 Å². The second-order valence-corrected chi connectivity index (χ2v) is 5.20. The molecule has 2 aromatic heterocycles. The lowest BCUT2D eigenvalue weighted by atomic mass is 10.1. The molecule has 0 unspecified atom stereocenters. The van der Waals surface area contributed by atoms with Crippen LogP contribution in [0.1, 0.15) is 5.56 Å². The molecular formula is C16H20N4+2. The van der Waals surface area contributed by atoms with Gasteiger partial charge in [0.2, 0.25) is 0 Å². The molecule has 1 aromatic carbocycles. The summed E-state index contributed by atoms with van der Waals surface area (Å²) in [5, 5.41) is 0. The van der Waals surface area contributed by atoms with E-state index in [4.69, 9.17) is 0 Å². The normalized spacial score (nSPS) is 11.0. The summed E-state index contributed by atoms with van der Waals surface area (Å²) in [4.78, 5) is 0. The van der Waals surface area contributed by atoms with Gasteiger partial charge in [-0.1, -0.05) is 6.07 Å². The fourth-order valence-corrected chi connectivity index (χ4v) is 2.76. The van der Waals surface area contributed by atoms with Crippen LogP contribution in [-0.2, 0) is 21.1 Å². The van der Waals surface area contributed by atoms with Crippen molar-refractivity contribution in [2.75, 3.05) is 0 Å². The van der Waals surface area contributed by atoms with Gasteiger partial charge in [0.1, 0.15) is 18.1 Å². The van der Waals surface area contributed by atoms with Gasteiger partial charge in [-0.2, -0.15) is 0 Å². The zero-order valence-corrected chi connectivity index (χ0v) is 12.4. The Balaban J connectivity index is 2.23. The van der Waals surface area contributed by atoms with E-state index in [-0.39, 0.29) is 0 Å². The van der Waals surface area contributed by atoms with Gasteiger partial charge in [-0.15, -0.1) is 9.36 Å². The third-order valence-corrected chi connectivity index (χ3v) is 3.84. The Hall–Kier alpha value is -2.36. The van der Waals surface area contributed by atoms with Crippen LogP contribution in [0.2, 0.25) is 0 Å². The highest BCUT2D eigenvalue weighted by molar-refractivity contribution is 5.63. The van der Waals surface area contributed by atoms with Crippen molar-refractivity contribution in [2.24, 2.45) is 21.1 Å². The predicted molar refractivity (Wildman–Crippen MR) is 77.3 cm³/mol. The Morgan fingerprint density at radius 1 is 1.00 bits per heavy atom. The summed E-state index contributed by atoms with van der Waals surface area (Å²) in [6, 6.07) is 8.50. The van der Waals surface area contributed by atoms with Crippen molar-refractivity contribution in [3.63, 3.8) is 0 Å². The molecule has 102 valence electrons. The lowest BCUT2D eigenvalue weighted by Crippen LogP contribution is -2.37. The third kappa shape index (κ3) is 1.84. The smallest absolute Gasteiger partial charge is 0.233 e. The van der Waals surface area contributed by atoms with Gasteiger partial charge in [-0.05, 0) is 24.6 Å². The number of benzene rings is 1. The number of imidazole rings is 1. The van der Waals surface area contributed by atoms with Crippen molar-refractivity contribution in [3.05, 3.63) is 54.6 Å². The highest BCUT2D eigenvalue weighted by Crippen LogP contribution is 2.24. The van der Waals surface area contributed by atoms with Crippen molar-refractivity contribution >= 4 is 0 Å². The highest BCUT2D eigenvalue weighted by Gasteiger charge is 2.20. The summed E-state index contributed by atoms with van der Waals surface area (Å²) in [5.74, 6) is 1.21. The first-order valence-electron chi connectivity index (χ1n) is 6.74. The molecule has 0 saturated heterocycles. The van der Waals surface area contributed by atoms with Gasteiger partial charge in [0.25, 0.3) is 5.82 Å². The molecule has 0 aliphatic heterocycles. The summed E-state index contributed by atoms with van der Waals surface area (Å²) < 4.78 is 8.54. The van der Waals surface area contributed by atoms with Gasteiger partial charge in [-0.3, -0.25) is 0 Å². The molecule has 0 atom stereocenters. The number of aromatic nitrogens is 4. The second-order valence-electron chi connectivity index (χ2n) is 5.20. The van der Waals surface area contributed by atoms with Crippen LogP contribution >= 0.6 is 0 Å². The van der Waals surface area contributed by atoms with E-state index in [1.165, 1.54) is 22.6 Å². The fourth-order valence-electron chi connectivity index (χ4n) is 2.76. The quantitative estimate of drug-likeness (QED) is 0.626. The molecule has 3 aromatic rings. The van der Waals surface area contributed by atoms with Crippen LogP contribution in [0, 0.1) is 6.92 Å². The Kier molecular flexibility index (Phi) is 2.93. The standard InChI is InChI=1S/C16H20N4/c1-13-14(16-17(2)11-12-18(16)3)7-5-8-15(13)20-10-6-9-19(20)4/h5-12H,1-4H3/q+2. The maximum absolute atomic E-state index is 2.18. The maximum atomic E-state index is 2.18. The van der Waals surface area contributed by atoms with Crippen molar-refractivity contribution in [3.8, 4) is 17.1 Å². The SMILES string of the molecule is Cc1c(-c2n(C)cc[n+]2C)cccc1-n1ccc[n+]1C. The second kappa shape index (κ2) is 4.63. The Morgan fingerprint density at radius 2 is 1.80 bits per heavy atom. The van der Waals surface area contributed by atoms with E-state index in [0.717, 1.165) is 0 Å². The van der Waals surface area contributed by atoms with Crippen molar-refractivity contribution in [1.29, 1.82) is 0 Å². The van der Waals surface area contributed by atoms with Crippen molar-refractivity contribution < 1.29 is 9.25 Å². The molecular weight excluding hydrogens is 248 g/mol. The van der Waals surface area contributed by atoms with Crippen molar-refractivity contribution in [2.45, 2.75) is 6.92 Å². The Morgan fingerprint density at radius 3 is 2.40 bits per heavy atom. The first-order valence-corrected chi connectivity index (χ1v) is 6.74. The van der Waals surface area contributed by atoms with Crippen molar-refractivity contribution in [1.82, 2.24) is 9.25 Å². The summed E-state index contributed by atoms with van der Waals surface area (Å²) in [6.45, 7) is 2.18. The van der Waals surface area contributed by atoms with Crippen LogP contribution in [0.25, 0.3) is 17.1 Å². The molecule has 0 bridgehead atoms. The molecule has 0 aliphatic rings. The minimum Gasteiger partial charge on any atom is -0.233 e. The maximum Gasteiger partial charge on any atom is 0.288 e. The summed E-state index contributed by atoms with van der Waals surface area (Å²) >= 11 is 0. The van der Waals surface area contributed by atoms with E-state index >= 15 is 0 Å². The highest BCUT2D eigenvalue weighted by atomic mass is 15.4. The van der Waals surface area contributed by atoms with Crippen LogP contribution in [0.3, 0.4) is 0 Å². The van der Waals surface area contributed by atoms with Crippen LogP contribution in [0.4, 0.5) is 0 Å². The van der Waals surface area contributed by atoms with E-state index in [1.807, 2.05) is 0 Å². The monoisotopic (exact) mass is 268 g/mol. The molecule has 0 spiro atoms. The number of nitrogens with zero attached hydrogens (tertiary/aromatic N) is 4. The number of hydrogen-bond donors (Lipinski definition) is 0. The van der Waals surface area contributed by atoms with Gasteiger partial charge in [0.05, 0.1) is 25.9 Å². The minimum atomic E-state index is 1.20. The molecule has 4 heteroatoms. The molecule has 20 heavy (non-hydrogen) atoms. The largest absolute Gasteiger partial charge is 0.288 e.